The highest BCUT2D eigenvalue weighted by molar-refractivity contribution is 9.10. The minimum atomic E-state index is -0.0450. The maximum absolute atomic E-state index is 12.0. The molecular formula is C14H16BrN3O. The van der Waals surface area contributed by atoms with Crippen molar-refractivity contribution in [3.05, 3.63) is 34.3 Å². The zero-order valence-electron chi connectivity index (χ0n) is 10.6. The van der Waals surface area contributed by atoms with E-state index in [-0.39, 0.29) is 11.9 Å². The molecule has 0 saturated carbocycles. The van der Waals surface area contributed by atoms with E-state index in [0.717, 1.165) is 22.9 Å². The number of rotatable bonds is 2. The van der Waals surface area contributed by atoms with E-state index < -0.39 is 0 Å². The van der Waals surface area contributed by atoms with Gasteiger partial charge in [-0.15, -0.1) is 0 Å². The first-order valence-corrected chi connectivity index (χ1v) is 7.15. The lowest BCUT2D eigenvalue weighted by molar-refractivity contribution is 0.178. The number of hydrogen-bond donors (Lipinski definition) is 1. The first-order chi connectivity index (χ1) is 9.19. The number of amides is 2. The van der Waals surface area contributed by atoms with Crippen molar-refractivity contribution in [3.63, 3.8) is 0 Å². The molecule has 1 heterocycles. The first kappa shape index (κ1) is 13.9. The maximum atomic E-state index is 12.0. The van der Waals surface area contributed by atoms with Gasteiger partial charge in [-0.05, 0) is 30.5 Å². The highest BCUT2D eigenvalue weighted by Gasteiger charge is 2.22. The van der Waals surface area contributed by atoms with Gasteiger partial charge in [-0.25, -0.2) is 4.79 Å². The van der Waals surface area contributed by atoms with Crippen molar-refractivity contribution in [3.8, 4) is 6.07 Å². The average Bonchev–Trinajstić information content (AvgIpc) is 2.45. The summed E-state index contributed by atoms with van der Waals surface area (Å²) in [6, 6.07) is 10.1. The van der Waals surface area contributed by atoms with Gasteiger partial charge in [0.15, 0.2) is 0 Å². The number of urea groups is 1. The van der Waals surface area contributed by atoms with Crippen LogP contribution in [0.15, 0.2) is 28.7 Å². The van der Waals surface area contributed by atoms with Gasteiger partial charge in [0.25, 0.3) is 0 Å². The molecule has 0 aliphatic carbocycles. The molecule has 100 valence electrons. The fraction of sp³-hybridized carbons (Fsp3) is 0.429. The largest absolute Gasteiger partial charge is 0.334 e. The molecule has 1 fully saturated rings. The number of halogens is 1. The normalized spacial score (nSPS) is 15.9. The molecule has 1 aliphatic heterocycles. The molecule has 5 heteroatoms. The average molecular weight is 322 g/mol. The number of carbonyl (C=O) groups is 1. The predicted molar refractivity (Wildman–Crippen MR) is 76.3 cm³/mol. The Kier molecular flexibility index (Phi) is 4.80. The summed E-state index contributed by atoms with van der Waals surface area (Å²) in [4.78, 5) is 13.8. The number of nitriles is 1. The van der Waals surface area contributed by atoms with Gasteiger partial charge >= 0.3 is 6.03 Å². The van der Waals surface area contributed by atoms with Gasteiger partial charge in [0, 0.05) is 30.0 Å². The van der Waals surface area contributed by atoms with Crippen molar-refractivity contribution in [1.29, 1.82) is 5.26 Å². The Morgan fingerprint density at radius 1 is 1.47 bits per heavy atom. The predicted octanol–water partition coefficient (Wildman–Crippen LogP) is 2.89. The summed E-state index contributed by atoms with van der Waals surface area (Å²) in [6.45, 7) is 1.86. The molecule has 1 aromatic rings. The quantitative estimate of drug-likeness (QED) is 0.910. The zero-order valence-corrected chi connectivity index (χ0v) is 12.2. The standard InChI is InChI=1S/C14H16BrN3O/c15-13-3-1-2-12(8-13)10-17-14(19)18-6-4-11(9-16)5-7-18/h1-3,8,11H,4-7,10H2,(H,17,19). The summed E-state index contributed by atoms with van der Waals surface area (Å²) in [5, 5.41) is 11.7. The summed E-state index contributed by atoms with van der Waals surface area (Å²) in [6.07, 6.45) is 1.56. The van der Waals surface area contributed by atoms with Crippen molar-refractivity contribution in [2.45, 2.75) is 19.4 Å². The second-order valence-electron chi connectivity index (χ2n) is 4.68. The smallest absolute Gasteiger partial charge is 0.317 e. The van der Waals surface area contributed by atoms with E-state index in [0.29, 0.717) is 19.6 Å². The van der Waals surface area contributed by atoms with Crippen molar-refractivity contribution in [2.24, 2.45) is 5.92 Å². The third-order valence-corrected chi connectivity index (χ3v) is 3.79. The Hall–Kier alpha value is -1.54. The van der Waals surface area contributed by atoms with E-state index in [1.807, 2.05) is 24.3 Å². The molecule has 1 N–H and O–H groups in total. The fourth-order valence-corrected chi connectivity index (χ4v) is 2.59. The Bertz CT molecular complexity index is 490. The van der Waals surface area contributed by atoms with E-state index >= 15 is 0 Å². The Labute approximate surface area is 121 Å². The van der Waals surface area contributed by atoms with Crippen LogP contribution in [-0.4, -0.2) is 24.0 Å². The van der Waals surface area contributed by atoms with Crippen molar-refractivity contribution >= 4 is 22.0 Å². The molecule has 0 spiro atoms. The number of likely N-dealkylation sites (tertiary alicyclic amines) is 1. The van der Waals surface area contributed by atoms with Gasteiger partial charge in [-0.3, -0.25) is 0 Å². The molecular weight excluding hydrogens is 306 g/mol. The van der Waals surface area contributed by atoms with Crippen LogP contribution < -0.4 is 5.32 Å². The maximum Gasteiger partial charge on any atom is 0.317 e. The minimum absolute atomic E-state index is 0.0450. The van der Waals surface area contributed by atoms with Gasteiger partial charge in [0.05, 0.1) is 6.07 Å². The second-order valence-corrected chi connectivity index (χ2v) is 5.59. The van der Waals surface area contributed by atoms with Crippen LogP contribution in [0, 0.1) is 17.2 Å². The lowest BCUT2D eigenvalue weighted by atomic mass is 9.99. The minimum Gasteiger partial charge on any atom is -0.334 e. The van der Waals surface area contributed by atoms with Crippen LogP contribution in [0.4, 0.5) is 4.79 Å². The summed E-state index contributed by atoms with van der Waals surface area (Å²) >= 11 is 3.41. The molecule has 0 bridgehead atoms. The molecule has 1 aromatic carbocycles. The van der Waals surface area contributed by atoms with Gasteiger partial charge in [-0.2, -0.15) is 5.26 Å². The van der Waals surface area contributed by atoms with Crippen LogP contribution in [0.5, 0.6) is 0 Å². The molecule has 19 heavy (non-hydrogen) atoms. The second kappa shape index (κ2) is 6.58. The number of piperidine rings is 1. The van der Waals surface area contributed by atoms with E-state index in [1.54, 1.807) is 4.90 Å². The number of carbonyl (C=O) groups excluding carboxylic acids is 1. The van der Waals surface area contributed by atoms with Gasteiger partial charge < -0.3 is 10.2 Å². The molecule has 1 aliphatic rings. The third kappa shape index (κ3) is 3.97. The number of hydrogen-bond acceptors (Lipinski definition) is 2. The molecule has 1 saturated heterocycles. The third-order valence-electron chi connectivity index (χ3n) is 3.30. The summed E-state index contributed by atoms with van der Waals surface area (Å²) in [5.41, 5.74) is 1.06. The Balaban J connectivity index is 1.81. The van der Waals surface area contributed by atoms with Gasteiger partial charge in [0.1, 0.15) is 0 Å². The summed E-state index contributed by atoms with van der Waals surface area (Å²) in [5.74, 6) is 0.106. The number of nitrogens with one attached hydrogen (secondary N) is 1. The van der Waals surface area contributed by atoms with Crippen LogP contribution in [0.2, 0.25) is 0 Å². The van der Waals surface area contributed by atoms with Crippen LogP contribution in [-0.2, 0) is 6.54 Å². The molecule has 2 rings (SSSR count). The SMILES string of the molecule is N#CC1CCN(C(=O)NCc2cccc(Br)c2)CC1. The van der Waals surface area contributed by atoms with Crippen molar-refractivity contribution in [2.75, 3.05) is 13.1 Å². The topological polar surface area (TPSA) is 56.1 Å². The van der Waals surface area contributed by atoms with E-state index in [4.69, 9.17) is 5.26 Å². The lowest BCUT2D eigenvalue weighted by Gasteiger charge is -2.29. The first-order valence-electron chi connectivity index (χ1n) is 6.36. The van der Waals surface area contributed by atoms with E-state index in [9.17, 15) is 4.79 Å². The van der Waals surface area contributed by atoms with Gasteiger partial charge in [-0.1, -0.05) is 28.1 Å². The van der Waals surface area contributed by atoms with Crippen molar-refractivity contribution in [1.82, 2.24) is 10.2 Å². The molecule has 2 amide bonds. The van der Waals surface area contributed by atoms with Gasteiger partial charge in [0.2, 0.25) is 0 Å². The summed E-state index contributed by atoms with van der Waals surface area (Å²) < 4.78 is 1.01. The molecule has 0 atom stereocenters. The molecule has 4 nitrogen and oxygen atoms in total. The van der Waals surface area contributed by atoms with Crippen molar-refractivity contribution < 1.29 is 4.79 Å². The van der Waals surface area contributed by atoms with E-state index in [1.165, 1.54) is 0 Å². The van der Waals surface area contributed by atoms with Crippen LogP contribution in [0.1, 0.15) is 18.4 Å². The highest BCUT2D eigenvalue weighted by Crippen LogP contribution is 2.16. The summed E-state index contributed by atoms with van der Waals surface area (Å²) in [7, 11) is 0. The number of benzene rings is 1. The fourth-order valence-electron chi connectivity index (χ4n) is 2.15. The molecule has 0 radical (unpaired) electrons. The Morgan fingerprint density at radius 2 is 2.21 bits per heavy atom. The molecule has 0 aromatic heterocycles. The Morgan fingerprint density at radius 3 is 2.84 bits per heavy atom. The van der Waals surface area contributed by atoms with Crippen LogP contribution in [0.3, 0.4) is 0 Å². The molecule has 0 unspecified atom stereocenters. The number of nitrogens with zero attached hydrogens (tertiary/aromatic N) is 2. The van der Waals surface area contributed by atoms with Crippen LogP contribution >= 0.6 is 15.9 Å². The highest BCUT2D eigenvalue weighted by atomic mass is 79.9. The zero-order chi connectivity index (χ0) is 13.7. The van der Waals surface area contributed by atoms with E-state index in [2.05, 4.69) is 27.3 Å². The van der Waals surface area contributed by atoms with Crippen LogP contribution in [0.25, 0.3) is 0 Å². The monoisotopic (exact) mass is 321 g/mol. The lowest BCUT2D eigenvalue weighted by Crippen LogP contribution is -2.44.